The predicted molar refractivity (Wildman–Crippen MR) is 88.4 cm³/mol. The van der Waals surface area contributed by atoms with Crippen LogP contribution in [0.3, 0.4) is 0 Å². The summed E-state index contributed by atoms with van der Waals surface area (Å²) in [6.07, 6.45) is 1.65. The van der Waals surface area contributed by atoms with Gasteiger partial charge in [0.2, 0.25) is 0 Å². The molecule has 0 radical (unpaired) electrons. The number of anilines is 1. The molecule has 0 amide bonds. The molecule has 0 unspecified atom stereocenters. The molecule has 2 N–H and O–H groups in total. The lowest BCUT2D eigenvalue weighted by Gasteiger charge is -2.13. The number of aromatic nitrogens is 1. The highest BCUT2D eigenvalue weighted by atomic mass is 35.5. The summed E-state index contributed by atoms with van der Waals surface area (Å²) in [6.45, 7) is 0.226. The summed E-state index contributed by atoms with van der Waals surface area (Å²) in [5.74, 6) is 0.0937. The van der Waals surface area contributed by atoms with Crippen molar-refractivity contribution in [2.75, 3.05) is 12.8 Å². The number of hydrogen-bond acceptors (Lipinski definition) is 4. The molecular weight excluding hydrogens is 319 g/mol. The Morgan fingerprint density at radius 3 is 2.83 bits per heavy atom. The van der Waals surface area contributed by atoms with Gasteiger partial charge >= 0.3 is 0 Å². The number of nitrogens with zero attached hydrogens (tertiary/aromatic N) is 1. The number of halogens is 2. The lowest BCUT2D eigenvalue weighted by molar-refractivity contribution is 0.285. The van der Waals surface area contributed by atoms with E-state index >= 15 is 0 Å². The molecule has 0 saturated carbocycles. The van der Waals surface area contributed by atoms with Gasteiger partial charge < -0.3 is 15.2 Å². The number of ether oxygens (including phenoxy) is 2. The summed E-state index contributed by atoms with van der Waals surface area (Å²) in [5, 5.41) is 2.20. The normalized spacial score (nSPS) is 10.7. The molecule has 23 heavy (non-hydrogen) atoms. The summed E-state index contributed by atoms with van der Waals surface area (Å²) < 4.78 is 24.4. The van der Waals surface area contributed by atoms with Gasteiger partial charge in [0.25, 0.3) is 0 Å². The lowest BCUT2D eigenvalue weighted by atomic mass is 10.1. The van der Waals surface area contributed by atoms with E-state index in [0.717, 1.165) is 16.3 Å². The van der Waals surface area contributed by atoms with Crippen LogP contribution in [0.1, 0.15) is 5.56 Å². The van der Waals surface area contributed by atoms with Crippen molar-refractivity contribution < 1.29 is 13.9 Å². The summed E-state index contributed by atoms with van der Waals surface area (Å²) >= 11 is 6.19. The highest BCUT2D eigenvalue weighted by molar-refractivity contribution is 6.34. The Kier molecular flexibility index (Phi) is 4.21. The third-order valence-electron chi connectivity index (χ3n) is 3.50. The van der Waals surface area contributed by atoms with E-state index in [9.17, 15) is 4.39 Å². The Morgan fingerprint density at radius 1 is 1.22 bits per heavy atom. The van der Waals surface area contributed by atoms with Crippen LogP contribution in [0.2, 0.25) is 5.15 Å². The van der Waals surface area contributed by atoms with Crippen molar-refractivity contribution in [3.63, 3.8) is 0 Å². The van der Waals surface area contributed by atoms with Gasteiger partial charge in [0, 0.05) is 29.3 Å². The van der Waals surface area contributed by atoms with Gasteiger partial charge in [-0.3, -0.25) is 0 Å². The number of rotatable bonds is 4. The fourth-order valence-corrected chi connectivity index (χ4v) is 2.64. The largest absolute Gasteiger partial charge is 0.493 e. The highest BCUT2D eigenvalue weighted by Gasteiger charge is 2.12. The first-order chi connectivity index (χ1) is 11.1. The Hall–Kier alpha value is -2.53. The third-order valence-corrected chi connectivity index (χ3v) is 3.78. The first kappa shape index (κ1) is 15.4. The molecule has 0 aliphatic heterocycles. The van der Waals surface area contributed by atoms with E-state index in [2.05, 4.69) is 4.98 Å². The molecule has 1 heterocycles. The molecule has 0 aliphatic carbocycles. The van der Waals surface area contributed by atoms with Gasteiger partial charge in [0.05, 0.1) is 12.8 Å². The maximum absolute atomic E-state index is 13.5. The van der Waals surface area contributed by atoms with Gasteiger partial charge in [-0.25, -0.2) is 9.37 Å². The minimum absolute atomic E-state index is 0.00146. The molecule has 118 valence electrons. The Labute approximate surface area is 137 Å². The average Bonchev–Trinajstić information content (AvgIpc) is 2.55. The van der Waals surface area contributed by atoms with Crippen molar-refractivity contribution in [2.45, 2.75) is 6.61 Å². The summed E-state index contributed by atoms with van der Waals surface area (Å²) in [4.78, 5) is 4.10. The van der Waals surface area contributed by atoms with Crippen LogP contribution < -0.4 is 15.2 Å². The second-order valence-electron chi connectivity index (χ2n) is 4.93. The average molecular weight is 333 g/mol. The van der Waals surface area contributed by atoms with Gasteiger partial charge in [-0.2, -0.15) is 0 Å². The number of nitrogens with two attached hydrogens (primary N) is 1. The van der Waals surface area contributed by atoms with E-state index in [0.29, 0.717) is 10.9 Å². The molecule has 2 aromatic carbocycles. The van der Waals surface area contributed by atoms with Crippen LogP contribution in [0.15, 0.2) is 42.6 Å². The first-order valence-corrected chi connectivity index (χ1v) is 7.26. The minimum atomic E-state index is -0.549. The molecule has 1 aromatic heterocycles. The maximum Gasteiger partial charge on any atom is 0.163 e. The van der Waals surface area contributed by atoms with Gasteiger partial charge in [-0.05, 0) is 11.5 Å². The number of benzene rings is 2. The van der Waals surface area contributed by atoms with Crippen molar-refractivity contribution >= 4 is 28.1 Å². The Bertz CT molecular complexity index is 865. The lowest BCUT2D eigenvalue weighted by Crippen LogP contribution is -2.01. The van der Waals surface area contributed by atoms with Gasteiger partial charge in [0.15, 0.2) is 11.5 Å². The quantitative estimate of drug-likeness (QED) is 0.574. The second-order valence-corrected chi connectivity index (χ2v) is 5.29. The molecule has 0 bridgehead atoms. The van der Waals surface area contributed by atoms with E-state index in [1.54, 1.807) is 6.20 Å². The van der Waals surface area contributed by atoms with Crippen LogP contribution in [-0.2, 0) is 6.61 Å². The third kappa shape index (κ3) is 3.00. The summed E-state index contributed by atoms with van der Waals surface area (Å²) in [5.41, 5.74) is 6.45. The molecule has 3 rings (SSSR count). The van der Waals surface area contributed by atoms with Crippen LogP contribution in [0.25, 0.3) is 10.8 Å². The molecule has 0 aliphatic rings. The van der Waals surface area contributed by atoms with E-state index in [-0.39, 0.29) is 18.0 Å². The summed E-state index contributed by atoms with van der Waals surface area (Å²) in [7, 11) is 1.44. The maximum atomic E-state index is 13.5. The fourth-order valence-electron chi connectivity index (χ4n) is 2.36. The molecule has 0 atom stereocenters. The van der Waals surface area contributed by atoms with Crippen molar-refractivity contribution in [3.05, 3.63) is 59.1 Å². The zero-order valence-corrected chi connectivity index (χ0v) is 13.1. The SMILES string of the molecule is COc1cc(F)c(N)cc1OCc1cccc2ccnc(Cl)c12. The van der Waals surface area contributed by atoms with Crippen molar-refractivity contribution in [3.8, 4) is 11.5 Å². The number of fused-ring (bicyclic) bond motifs is 1. The molecule has 0 spiro atoms. The summed E-state index contributed by atoms with van der Waals surface area (Å²) in [6, 6.07) is 10.2. The van der Waals surface area contributed by atoms with Gasteiger partial charge in [0.1, 0.15) is 17.6 Å². The molecule has 4 nitrogen and oxygen atoms in total. The molecular formula is C17H14ClFN2O2. The number of hydrogen-bond donors (Lipinski definition) is 1. The van der Waals surface area contributed by atoms with Gasteiger partial charge in [-0.15, -0.1) is 0 Å². The topological polar surface area (TPSA) is 57.4 Å². The van der Waals surface area contributed by atoms with Crippen LogP contribution in [0.4, 0.5) is 10.1 Å². The Morgan fingerprint density at radius 2 is 2.04 bits per heavy atom. The molecule has 0 saturated heterocycles. The van der Waals surface area contributed by atoms with Crippen molar-refractivity contribution in [1.82, 2.24) is 4.98 Å². The van der Waals surface area contributed by atoms with Crippen LogP contribution in [-0.4, -0.2) is 12.1 Å². The molecule has 0 fully saturated rings. The smallest absolute Gasteiger partial charge is 0.163 e. The van der Waals surface area contributed by atoms with Crippen LogP contribution in [0, 0.1) is 5.82 Å². The minimum Gasteiger partial charge on any atom is -0.493 e. The van der Waals surface area contributed by atoms with Crippen LogP contribution >= 0.6 is 11.6 Å². The standard InChI is InChI=1S/C17H14ClFN2O2/c1-22-14-7-12(19)13(20)8-15(14)23-9-11-4-2-3-10-5-6-21-17(18)16(10)11/h2-8H,9,20H2,1H3. The van der Waals surface area contributed by atoms with Crippen molar-refractivity contribution in [2.24, 2.45) is 0 Å². The van der Waals surface area contributed by atoms with E-state index in [4.69, 9.17) is 26.8 Å². The van der Waals surface area contributed by atoms with Crippen LogP contribution in [0.5, 0.6) is 11.5 Å². The highest BCUT2D eigenvalue weighted by Crippen LogP contribution is 2.33. The first-order valence-electron chi connectivity index (χ1n) is 6.88. The molecule has 3 aromatic rings. The molecule has 6 heteroatoms. The number of nitrogen functional groups attached to an aromatic ring is 1. The number of pyridine rings is 1. The number of methoxy groups -OCH3 is 1. The van der Waals surface area contributed by atoms with E-state index in [1.165, 1.54) is 19.2 Å². The van der Waals surface area contributed by atoms with Gasteiger partial charge in [-0.1, -0.05) is 29.8 Å². The second kappa shape index (κ2) is 6.30. The predicted octanol–water partition coefficient (Wildman–Crippen LogP) is 4.20. The fraction of sp³-hybridized carbons (Fsp3) is 0.118. The monoisotopic (exact) mass is 332 g/mol. The zero-order chi connectivity index (χ0) is 16.4. The van der Waals surface area contributed by atoms with E-state index < -0.39 is 5.82 Å². The van der Waals surface area contributed by atoms with Crippen molar-refractivity contribution in [1.29, 1.82) is 0 Å². The Balaban J connectivity index is 1.94. The zero-order valence-electron chi connectivity index (χ0n) is 12.3. The van der Waals surface area contributed by atoms with E-state index in [1.807, 2.05) is 24.3 Å².